The topological polar surface area (TPSA) is 61.4 Å². The smallest absolute Gasteiger partial charge is 0.319 e. The molecule has 4 nitrogen and oxygen atoms in total. The highest BCUT2D eigenvalue weighted by atomic mass is 35.5. The lowest BCUT2D eigenvalue weighted by atomic mass is 10.1. The van der Waals surface area contributed by atoms with E-state index < -0.39 is 0 Å². The fourth-order valence-electron chi connectivity index (χ4n) is 1.66. The van der Waals surface area contributed by atoms with Crippen molar-refractivity contribution in [2.24, 2.45) is 0 Å². The van der Waals surface area contributed by atoms with Crippen LogP contribution in [0.4, 0.5) is 10.5 Å². The third-order valence-electron chi connectivity index (χ3n) is 2.77. The summed E-state index contributed by atoms with van der Waals surface area (Å²) in [5.41, 5.74) is 1.53. The Balaban J connectivity index is 2.64. The number of hydrogen-bond donors (Lipinski definition) is 3. The van der Waals surface area contributed by atoms with Gasteiger partial charge in [0, 0.05) is 12.6 Å². The zero-order valence-electron chi connectivity index (χ0n) is 10.7. The SMILES string of the molecule is CC[C@@H](CCO)NC(=O)Nc1c(C)cccc1Cl. The molecule has 0 unspecified atom stereocenters. The molecule has 0 spiro atoms. The Hall–Kier alpha value is -1.26. The first-order valence-electron chi connectivity index (χ1n) is 6.02. The van der Waals surface area contributed by atoms with Crippen LogP contribution >= 0.6 is 11.6 Å². The molecule has 0 aliphatic heterocycles. The molecule has 3 N–H and O–H groups in total. The van der Waals surface area contributed by atoms with Crippen molar-refractivity contribution in [3.05, 3.63) is 28.8 Å². The van der Waals surface area contributed by atoms with Crippen LogP contribution in [0.2, 0.25) is 5.02 Å². The van der Waals surface area contributed by atoms with Gasteiger partial charge in [0.05, 0.1) is 10.7 Å². The predicted octanol–water partition coefficient (Wildman–Crippen LogP) is 2.93. The van der Waals surface area contributed by atoms with Crippen molar-refractivity contribution in [3.8, 4) is 0 Å². The molecule has 18 heavy (non-hydrogen) atoms. The molecule has 2 amide bonds. The number of urea groups is 1. The predicted molar refractivity (Wildman–Crippen MR) is 74.1 cm³/mol. The maximum atomic E-state index is 11.8. The lowest BCUT2D eigenvalue weighted by Gasteiger charge is -2.17. The third-order valence-corrected chi connectivity index (χ3v) is 3.08. The van der Waals surface area contributed by atoms with E-state index in [2.05, 4.69) is 10.6 Å². The normalized spacial score (nSPS) is 12.0. The van der Waals surface area contributed by atoms with E-state index in [4.69, 9.17) is 16.7 Å². The molecule has 0 saturated heterocycles. The van der Waals surface area contributed by atoms with Crippen LogP contribution in [-0.2, 0) is 0 Å². The fourth-order valence-corrected chi connectivity index (χ4v) is 1.93. The van der Waals surface area contributed by atoms with E-state index in [1.165, 1.54) is 0 Å². The van der Waals surface area contributed by atoms with Crippen molar-refractivity contribution in [2.75, 3.05) is 11.9 Å². The number of aliphatic hydroxyl groups excluding tert-OH is 1. The molecule has 0 radical (unpaired) electrons. The van der Waals surface area contributed by atoms with E-state index in [1.807, 2.05) is 26.0 Å². The van der Waals surface area contributed by atoms with E-state index in [0.29, 0.717) is 17.1 Å². The molecule has 100 valence electrons. The lowest BCUT2D eigenvalue weighted by molar-refractivity contribution is 0.237. The van der Waals surface area contributed by atoms with Gasteiger partial charge in [-0.3, -0.25) is 0 Å². The summed E-state index contributed by atoms with van der Waals surface area (Å²) in [5.74, 6) is 0. The Kier molecular flexibility index (Phi) is 5.95. The molecule has 0 aliphatic rings. The number of rotatable bonds is 5. The first-order valence-corrected chi connectivity index (χ1v) is 6.39. The maximum absolute atomic E-state index is 11.8. The molecule has 0 heterocycles. The van der Waals surface area contributed by atoms with Gasteiger partial charge in [-0.25, -0.2) is 4.79 Å². The van der Waals surface area contributed by atoms with Crippen LogP contribution in [-0.4, -0.2) is 23.8 Å². The van der Waals surface area contributed by atoms with Crippen LogP contribution in [0.3, 0.4) is 0 Å². The van der Waals surface area contributed by atoms with Gasteiger partial charge in [-0.15, -0.1) is 0 Å². The fraction of sp³-hybridized carbons (Fsp3) is 0.462. The summed E-state index contributed by atoms with van der Waals surface area (Å²) in [5, 5.41) is 14.9. The Morgan fingerprint density at radius 2 is 2.22 bits per heavy atom. The second kappa shape index (κ2) is 7.24. The second-order valence-electron chi connectivity index (χ2n) is 4.15. The molecule has 0 aliphatic carbocycles. The summed E-state index contributed by atoms with van der Waals surface area (Å²) in [7, 11) is 0. The van der Waals surface area contributed by atoms with E-state index in [0.717, 1.165) is 12.0 Å². The standard InChI is InChI=1S/C13H19ClN2O2/c1-3-10(7-8-17)15-13(18)16-12-9(2)5-4-6-11(12)14/h4-6,10,17H,3,7-8H2,1-2H3,(H2,15,16,18)/t10-/m0/s1. The zero-order valence-corrected chi connectivity index (χ0v) is 11.4. The molecule has 1 aromatic carbocycles. The van der Waals surface area contributed by atoms with E-state index in [-0.39, 0.29) is 18.7 Å². The van der Waals surface area contributed by atoms with Crippen LogP contribution in [0.1, 0.15) is 25.3 Å². The van der Waals surface area contributed by atoms with Crippen molar-refractivity contribution in [1.82, 2.24) is 5.32 Å². The minimum absolute atomic E-state index is 0.0298. The summed E-state index contributed by atoms with van der Waals surface area (Å²) >= 11 is 6.02. The molecular weight excluding hydrogens is 252 g/mol. The quantitative estimate of drug-likeness (QED) is 0.770. The summed E-state index contributed by atoms with van der Waals surface area (Å²) in [6.07, 6.45) is 1.32. The van der Waals surface area contributed by atoms with Crippen molar-refractivity contribution in [3.63, 3.8) is 0 Å². The van der Waals surface area contributed by atoms with Crippen molar-refractivity contribution < 1.29 is 9.90 Å². The zero-order chi connectivity index (χ0) is 13.5. The van der Waals surface area contributed by atoms with Crippen LogP contribution in [0.25, 0.3) is 0 Å². The Morgan fingerprint density at radius 3 is 2.78 bits per heavy atom. The average Bonchev–Trinajstić information content (AvgIpc) is 2.33. The van der Waals surface area contributed by atoms with Gasteiger partial charge in [0.2, 0.25) is 0 Å². The van der Waals surface area contributed by atoms with Gasteiger partial charge in [-0.05, 0) is 31.4 Å². The van der Waals surface area contributed by atoms with Crippen LogP contribution in [0.15, 0.2) is 18.2 Å². The summed E-state index contributed by atoms with van der Waals surface area (Å²) in [6, 6.07) is 5.12. The molecule has 1 rings (SSSR count). The Labute approximate surface area is 112 Å². The van der Waals surface area contributed by atoms with E-state index in [1.54, 1.807) is 6.07 Å². The van der Waals surface area contributed by atoms with E-state index >= 15 is 0 Å². The average molecular weight is 271 g/mol. The van der Waals surface area contributed by atoms with Gasteiger partial charge in [0.25, 0.3) is 0 Å². The number of para-hydroxylation sites is 1. The highest BCUT2D eigenvalue weighted by Gasteiger charge is 2.12. The first-order chi connectivity index (χ1) is 8.58. The maximum Gasteiger partial charge on any atom is 0.319 e. The molecular formula is C13H19ClN2O2. The summed E-state index contributed by atoms with van der Waals surface area (Å²) < 4.78 is 0. The van der Waals surface area contributed by atoms with Crippen molar-refractivity contribution >= 4 is 23.3 Å². The molecule has 0 bridgehead atoms. The molecule has 1 atom stereocenters. The van der Waals surface area contributed by atoms with Gasteiger partial charge < -0.3 is 15.7 Å². The number of nitrogens with one attached hydrogen (secondary N) is 2. The first kappa shape index (κ1) is 14.8. The van der Waals surface area contributed by atoms with Gasteiger partial charge in [-0.1, -0.05) is 30.7 Å². The highest BCUT2D eigenvalue weighted by molar-refractivity contribution is 6.33. The molecule has 0 aromatic heterocycles. The summed E-state index contributed by atoms with van der Waals surface area (Å²) in [6.45, 7) is 3.90. The number of benzene rings is 1. The molecule has 0 fully saturated rings. The third kappa shape index (κ3) is 4.20. The van der Waals surface area contributed by atoms with Crippen molar-refractivity contribution in [2.45, 2.75) is 32.7 Å². The van der Waals surface area contributed by atoms with Crippen LogP contribution in [0.5, 0.6) is 0 Å². The number of carbonyl (C=O) groups excluding carboxylic acids is 1. The number of amides is 2. The highest BCUT2D eigenvalue weighted by Crippen LogP contribution is 2.24. The van der Waals surface area contributed by atoms with Gasteiger partial charge in [-0.2, -0.15) is 0 Å². The number of anilines is 1. The number of hydrogen-bond acceptors (Lipinski definition) is 2. The minimum atomic E-state index is -0.300. The number of halogens is 1. The van der Waals surface area contributed by atoms with Crippen LogP contribution < -0.4 is 10.6 Å². The summed E-state index contributed by atoms with van der Waals surface area (Å²) in [4.78, 5) is 11.8. The van der Waals surface area contributed by atoms with E-state index in [9.17, 15) is 4.79 Å². The molecule has 0 saturated carbocycles. The van der Waals surface area contributed by atoms with Crippen molar-refractivity contribution in [1.29, 1.82) is 0 Å². The lowest BCUT2D eigenvalue weighted by Crippen LogP contribution is -2.38. The molecule has 1 aromatic rings. The Bertz CT molecular complexity index is 390. The number of carbonyl (C=O) groups is 1. The Morgan fingerprint density at radius 1 is 1.50 bits per heavy atom. The largest absolute Gasteiger partial charge is 0.396 e. The minimum Gasteiger partial charge on any atom is -0.396 e. The number of aryl methyl sites for hydroxylation is 1. The van der Waals surface area contributed by atoms with Gasteiger partial charge in [0.1, 0.15) is 0 Å². The number of aliphatic hydroxyl groups is 1. The van der Waals surface area contributed by atoms with Gasteiger partial charge in [0.15, 0.2) is 0 Å². The second-order valence-corrected chi connectivity index (χ2v) is 4.55. The molecule has 5 heteroatoms. The van der Waals surface area contributed by atoms with Gasteiger partial charge >= 0.3 is 6.03 Å². The van der Waals surface area contributed by atoms with Crippen LogP contribution in [0, 0.1) is 6.92 Å². The monoisotopic (exact) mass is 270 g/mol.